The Morgan fingerprint density at radius 1 is 1.24 bits per heavy atom. The molecule has 0 aromatic heterocycles. The standard InChI is InChI=1S/C16H26FN3O/c1-4-7-10-19-16(18-5-2)20-12-13-8-9-15(21-6-3)14(17)11-13/h8-9,11H,4-7,10,12H2,1-3H3,(H2,18,19,20). The fourth-order valence-electron chi connectivity index (χ4n) is 1.81. The van der Waals surface area contributed by atoms with Gasteiger partial charge in [-0.1, -0.05) is 19.4 Å². The van der Waals surface area contributed by atoms with Crippen LogP contribution in [0.15, 0.2) is 23.2 Å². The molecule has 0 spiro atoms. The molecule has 0 atom stereocenters. The molecule has 0 saturated heterocycles. The average molecular weight is 295 g/mol. The van der Waals surface area contributed by atoms with E-state index in [1.807, 2.05) is 19.9 Å². The van der Waals surface area contributed by atoms with Crippen LogP contribution in [0.4, 0.5) is 4.39 Å². The van der Waals surface area contributed by atoms with Crippen molar-refractivity contribution in [3.8, 4) is 5.75 Å². The number of unbranched alkanes of at least 4 members (excludes halogenated alkanes) is 1. The van der Waals surface area contributed by atoms with Gasteiger partial charge in [-0.3, -0.25) is 0 Å². The molecular formula is C16H26FN3O. The van der Waals surface area contributed by atoms with E-state index in [-0.39, 0.29) is 5.82 Å². The second-order valence-corrected chi connectivity index (χ2v) is 4.67. The molecule has 5 heteroatoms. The molecule has 21 heavy (non-hydrogen) atoms. The van der Waals surface area contributed by atoms with E-state index >= 15 is 0 Å². The summed E-state index contributed by atoms with van der Waals surface area (Å²) in [5.41, 5.74) is 0.823. The summed E-state index contributed by atoms with van der Waals surface area (Å²) >= 11 is 0. The number of rotatable bonds is 8. The molecule has 0 saturated carbocycles. The smallest absolute Gasteiger partial charge is 0.191 e. The minimum atomic E-state index is -0.339. The van der Waals surface area contributed by atoms with Crippen molar-refractivity contribution in [1.29, 1.82) is 0 Å². The summed E-state index contributed by atoms with van der Waals surface area (Å²) in [5, 5.41) is 6.44. The average Bonchev–Trinajstić information content (AvgIpc) is 2.47. The highest BCUT2D eigenvalue weighted by molar-refractivity contribution is 5.79. The summed E-state index contributed by atoms with van der Waals surface area (Å²) in [5.74, 6) is 0.715. The first-order valence-corrected chi connectivity index (χ1v) is 7.64. The van der Waals surface area contributed by atoms with E-state index in [1.54, 1.807) is 6.07 Å². The normalized spacial score (nSPS) is 11.3. The molecule has 0 heterocycles. The topological polar surface area (TPSA) is 45.7 Å². The van der Waals surface area contributed by atoms with Crippen LogP contribution in [0.25, 0.3) is 0 Å². The maximum absolute atomic E-state index is 13.8. The molecule has 0 aliphatic carbocycles. The van der Waals surface area contributed by atoms with Crippen molar-refractivity contribution in [3.05, 3.63) is 29.6 Å². The quantitative estimate of drug-likeness (QED) is 0.440. The van der Waals surface area contributed by atoms with Gasteiger partial charge in [-0.05, 0) is 38.0 Å². The first-order chi connectivity index (χ1) is 10.2. The van der Waals surface area contributed by atoms with Gasteiger partial charge in [-0.2, -0.15) is 0 Å². The Morgan fingerprint density at radius 3 is 2.67 bits per heavy atom. The second-order valence-electron chi connectivity index (χ2n) is 4.67. The van der Waals surface area contributed by atoms with Gasteiger partial charge >= 0.3 is 0 Å². The number of nitrogens with zero attached hydrogens (tertiary/aromatic N) is 1. The molecule has 2 N–H and O–H groups in total. The third-order valence-electron chi connectivity index (χ3n) is 2.88. The highest BCUT2D eigenvalue weighted by atomic mass is 19.1. The summed E-state index contributed by atoms with van der Waals surface area (Å²) in [6.45, 7) is 8.59. The van der Waals surface area contributed by atoms with Gasteiger partial charge in [0, 0.05) is 13.1 Å². The van der Waals surface area contributed by atoms with Crippen molar-refractivity contribution in [1.82, 2.24) is 10.6 Å². The molecular weight excluding hydrogens is 269 g/mol. The van der Waals surface area contributed by atoms with E-state index in [0.717, 1.165) is 37.5 Å². The number of aliphatic imine (C=N–C) groups is 1. The van der Waals surface area contributed by atoms with Crippen LogP contribution in [0, 0.1) is 5.82 Å². The Labute approximate surface area is 126 Å². The van der Waals surface area contributed by atoms with Gasteiger partial charge < -0.3 is 15.4 Å². The van der Waals surface area contributed by atoms with E-state index < -0.39 is 0 Å². The number of halogens is 1. The lowest BCUT2D eigenvalue weighted by Crippen LogP contribution is -2.37. The third kappa shape index (κ3) is 6.47. The highest BCUT2D eigenvalue weighted by Gasteiger charge is 2.04. The van der Waals surface area contributed by atoms with Gasteiger partial charge in [0.2, 0.25) is 0 Å². The maximum atomic E-state index is 13.8. The summed E-state index contributed by atoms with van der Waals surface area (Å²) in [6, 6.07) is 4.97. The largest absolute Gasteiger partial charge is 0.491 e. The van der Waals surface area contributed by atoms with Crippen LogP contribution >= 0.6 is 0 Å². The van der Waals surface area contributed by atoms with E-state index in [2.05, 4.69) is 22.5 Å². The van der Waals surface area contributed by atoms with E-state index in [4.69, 9.17) is 4.74 Å². The molecule has 4 nitrogen and oxygen atoms in total. The Kier molecular flexibility index (Phi) is 8.24. The SMILES string of the molecule is CCCCNC(=NCc1ccc(OCC)c(F)c1)NCC. The summed E-state index contributed by atoms with van der Waals surface area (Å²) in [7, 11) is 0. The summed E-state index contributed by atoms with van der Waals surface area (Å²) in [4.78, 5) is 4.46. The fourth-order valence-corrected chi connectivity index (χ4v) is 1.81. The molecule has 0 aliphatic rings. The third-order valence-corrected chi connectivity index (χ3v) is 2.88. The number of ether oxygens (including phenoxy) is 1. The zero-order chi connectivity index (χ0) is 15.5. The summed E-state index contributed by atoms with van der Waals surface area (Å²) < 4.78 is 18.9. The van der Waals surface area contributed by atoms with Gasteiger partial charge in [0.25, 0.3) is 0 Å². The number of nitrogens with one attached hydrogen (secondary N) is 2. The van der Waals surface area contributed by atoms with Crippen LogP contribution in [0.5, 0.6) is 5.75 Å². The van der Waals surface area contributed by atoms with Crippen LogP contribution in [0.1, 0.15) is 39.2 Å². The first kappa shape index (κ1) is 17.3. The van der Waals surface area contributed by atoms with Crippen molar-refractivity contribution in [2.75, 3.05) is 19.7 Å². The predicted octanol–water partition coefficient (Wildman–Crippen LogP) is 3.08. The summed E-state index contributed by atoms with van der Waals surface area (Å²) in [6.07, 6.45) is 2.23. The molecule has 1 aromatic carbocycles. The van der Waals surface area contributed by atoms with Gasteiger partial charge in [0.15, 0.2) is 17.5 Å². The monoisotopic (exact) mass is 295 g/mol. The molecule has 118 valence electrons. The predicted molar refractivity (Wildman–Crippen MR) is 85.3 cm³/mol. The van der Waals surface area contributed by atoms with Crippen LogP contribution < -0.4 is 15.4 Å². The van der Waals surface area contributed by atoms with Crippen LogP contribution in [0.2, 0.25) is 0 Å². The Bertz CT molecular complexity index is 449. The molecule has 0 radical (unpaired) electrons. The van der Waals surface area contributed by atoms with Crippen LogP contribution in [0.3, 0.4) is 0 Å². The first-order valence-electron chi connectivity index (χ1n) is 7.64. The van der Waals surface area contributed by atoms with Gasteiger partial charge in [-0.25, -0.2) is 9.38 Å². The molecule has 1 rings (SSSR count). The number of guanidine groups is 1. The van der Waals surface area contributed by atoms with Crippen LogP contribution in [-0.2, 0) is 6.54 Å². The molecule has 0 bridgehead atoms. The highest BCUT2D eigenvalue weighted by Crippen LogP contribution is 2.18. The van der Waals surface area contributed by atoms with Gasteiger partial charge in [0.1, 0.15) is 0 Å². The second kappa shape index (κ2) is 10.0. The minimum absolute atomic E-state index is 0.290. The van der Waals surface area contributed by atoms with Crippen molar-refractivity contribution in [2.24, 2.45) is 4.99 Å². The lowest BCUT2D eigenvalue weighted by atomic mass is 10.2. The number of hydrogen-bond acceptors (Lipinski definition) is 2. The van der Waals surface area contributed by atoms with Crippen molar-refractivity contribution in [3.63, 3.8) is 0 Å². The lowest BCUT2D eigenvalue weighted by Gasteiger charge is -2.11. The molecule has 0 amide bonds. The van der Waals surface area contributed by atoms with E-state index in [0.29, 0.717) is 18.9 Å². The van der Waals surface area contributed by atoms with Gasteiger partial charge in [0.05, 0.1) is 13.2 Å². The number of benzene rings is 1. The molecule has 1 aromatic rings. The fraction of sp³-hybridized carbons (Fsp3) is 0.562. The zero-order valence-corrected chi connectivity index (χ0v) is 13.2. The van der Waals surface area contributed by atoms with Crippen molar-refractivity contribution in [2.45, 2.75) is 40.2 Å². The van der Waals surface area contributed by atoms with Gasteiger partial charge in [-0.15, -0.1) is 0 Å². The zero-order valence-electron chi connectivity index (χ0n) is 13.2. The molecule has 0 unspecified atom stereocenters. The maximum Gasteiger partial charge on any atom is 0.191 e. The molecule has 0 aliphatic heterocycles. The van der Waals surface area contributed by atoms with E-state index in [1.165, 1.54) is 6.07 Å². The molecule has 0 fully saturated rings. The van der Waals surface area contributed by atoms with Crippen molar-refractivity contribution >= 4 is 5.96 Å². The van der Waals surface area contributed by atoms with Crippen molar-refractivity contribution < 1.29 is 9.13 Å². The Balaban J connectivity index is 2.64. The Hall–Kier alpha value is -1.78. The number of hydrogen-bond donors (Lipinski definition) is 2. The van der Waals surface area contributed by atoms with Crippen LogP contribution in [-0.4, -0.2) is 25.7 Å². The minimum Gasteiger partial charge on any atom is -0.491 e. The van der Waals surface area contributed by atoms with E-state index in [9.17, 15) is 4.39 Å². The lowest BCUT2D eigenvalue weighted by molar-refractivity contribution is 0.321. The Morgan fingerprint density at radius 2 is 2.05 bits per heavy atom.